The van der Waals surface area contributed by atoms with Gasteiger partial charge in [0.2, 0.25) is 0 Å². The zero-order chi connectivity index (χ0) is 19.4. The zero-order valence-corrected chi connectivity index (χ0v) is 14.7. The summed E-state index contributed by atoms with van der Waals surface area (Å²) in [4.78, 5) is 12.1. The van der Waals surface area contributed by atoms with E-state index in [-0.39, 0.29) is 10.8 Å². The van der Waals surface area contributed by atoms with E-state index in [4.69, 9.17) is 25.8 Å². The Labute approximate surface area is 158 Å². The molecule has 1 heterocycles. The topological polar surface area (TPSA) is 56.8 Å². The molecular weight excluding hydrogens is 387 g/mol. The van der Waals surface area contributed by atoms with Crippen LogP contribution in [0.3, 0.4) is 0 Å². The van der Waals surface area contributed by atoms with Crippen molar-refractivity contribution in [1.82, 2.24) is 0 Å². The fraction of sp³-hybridized carbons (Fsp3) is 0.278. The number of amides is 1. The molecule has 2 aromatic carbocycles. The lowest BCUT2D eigenvalue weighted by molar-refractivity contribution is -0.137. The van der Waals surface area contributed by atoms with E-state index in [1.54, 1.807) is 0 Å². The lowest BCUT2D eigenvalue weighted by Crippen LogP contribution is -2.20. The number of hydrogen-bond donors (Lipinski definition) is 1. The Morgan fingerprint density at radius 2 is 1.85 bits per heavy atom. The minimum Gasteiger partial charge on any atom is -0.490 e. The normalized spacial score (nSPS) is 13.6. The van der Waals surface area contributed by atoms with Crippen LogP contribution in [0.2, 0.25) is 5.02 Å². The Balaban J connectivity index is 1.64. The van der Waals surface area contributed by atoms with E-state index >= 15 is 0 Å². The average Bonchev–Trinajstić information content (AvgIpc) is 2.85. The Morgan fingerprint density at radius 3 is 2.56 bits per heavy atom. The molecule has 0 fully saturated rings. The van der Waals surface area contributed by atoms with Gasteiger partial charge in [0, 0.05) is 18.6 Å². The van der Waals surface area contributed by atoms with Crippen LogP contribution in [0.4, 0.5) is 18.9 Å². The van der Waals surface area contributed by atoms with Gasteiger partial charge in [-0.05, 0) is 18.2 Å². The van der Waals surface area contributed by atoms with Crippen LogP contribution in [-0.4, -0.2) is 25.7 Å². The van der Waals surface area contributed by atoms with Crippen molar-refractivity contribution in [3.8, 4) is 17.2 Å². The van der Waals surface area contributed by atoms with Gasteiger partial charge >= 0.3 is 6.18 Å². The fourth-order valence-electron chi connectivity index (χ4n) is 2.38. The van der Waals surface area contributed by atoms with Crippen molar-refractivity contribution in [2.75, 3.05) is 25.1 Å². The van der Waals surface area contributed by atoms with Gasteiger partial charge < -0.3 is 19.5 Å². The lowest BCUT2D eigenvalue weighted by Gasteiger charge is -2.13. The molecule has 0 unspecified atom stereocenters. The van der Waals surface area contributed by atoms with Gasteiger partial charge in [0.05, 0.1) is 29.5 Å². The molecule has 1 aliphatic rings. The number of rotatable bonds is 4. The molecule has 0 radical (unpaired) electrons. The molecule has 1 N–H and O–H groups in total. The summed E-state index contributed by atoms with van der Waals surface area (Å²) in [5.41, 5.74) is -0.565. The Hall–Kier alpha value is -2.61. The second-order valence-electron chi connectivity index (χ2n) is 5.69. The van der Waals surface area contributed by atoms with Crippen LogP contribution in [0.5, 0.6) is 17.2 Å². The third kappa shape index (κ3) is 4.97. The minimum absolute atomic E-state index is 0.0651. The highest BCUT2D eigenvalue weighted by Gasteiger charge is 2.30. The minimum atomic E-state index is -4.49. The van der Waals surface area contributed by atoms with Gasteiger partial charge in [0.1, 0.15) is 5.75 Å². The highest BCUT2D eigenvalue weighted by atomic mass is 35.5. The molecule has 144 valence electrons. The zero-order valence-electron chi connectivity index (χ0n) is 13.9. The maximum Gasteiger partial charge on any atom is 0.416 e. The number of alkyl halides is 3. The second-order valence-corrected chi connectivity index (χ2v) is 6.10. The first-order valence-electron chi connectivity index (χ1n) is 8.02. The Bertz CT molecular complexity index is 842. The number of anilines is 1. The van der Waals surface area contributed by atoms with E-state index in [0.29, 0.717) is 30.4 Å². The Morgan fingerprint density at radius 1 is 1.15 bits per heavy atom. The summed E-state index contributed by atoms with van der Waals surface area (Å²) in [6, 6.07) is 7.36. The summed E-state index contributed by atoms with van der Waals surface area (Å²) in [5.74, 6) is 0.287. The first-order chi connectivity index (χ1) is 12.8. The van der Waals surface area contributed by atoms with E-state index in [9.17, 15) is 18.0 Å². The summed E-state index contributed by atoms with van der Waals surface area (Å²) < 4.78 is 54.2. The van der Waals surface area contributed by atoms with Crippen LogP contribution >= 0.6 is 11.6 Å². The maximum atomic E-state index is 12.7. The number of ether oxygens (including phenoxy) is 3. The van der Waals surface area contributed by atoms with Gasteiger partial charge in [-0.15, -0.1) is 0 Å². The molecule has 1 aliphatic heterocycles. The summed E-state index contributed by atoms with van der Waals surface area (Å²) in [6.07, 6.45) is -3.77. The molecule has 0 saturated heterocycles. The maximum absolute atomic E-state index is 12.7. The van der Waals surface area contributed by atoms with Crippen LogP contribution in [0.1, 0.15) is 12.0 Å². The van der Waals surface area contributed by atoms with Crippen LogP contribution in [0.25, 0.3) is 0 Å². The molecule has 27 heavy (non-hydrogen) atoms. The third-order valence-electron chi connectivity index (χ3n) is 3.64. The second kappa shape index (κ2) is 7.96. The van der Waals surface area contributed by atoms with Crippen molar-refractivity contribution in [2.24, 2.45) is 0 Å². The summed E-state index contributed by atoms with van der Waals surface area (Å²) in [5, 5.41) is 2.78. The largest absolute Gasteiger partial charge is 0.490 e. The fourth-order valence-corrected chi connectivity index (χ4v) is 2.58. The number of benzene rings is 2. The molecule has 5 nitrogen and oxygen atoms in total. The first-order valence-corrected chi connectivity index (χ1v) is 8.40. The van der Waals surface area contributed by atoms with E-state index in [2.05, 4.69) is 5.32 Å². The SMILES string of the molecule is O=C(COc1cccc(C(F)(F)F)c1)Nc1cc2c(cc1Cl)OCCCO2. The molecule has 2 aromatic rings. The summed E-state index contributed by atoms with van der Waals surface area (Å²) >= 11 is 6.13. The standard InChI is InChI=1S/C18H15ClF3NO4/c19-13-8-15-16(26-6-2-5-25-15)9-14(13)23-17(24)10-27-12-4-1-3-11(7-12)18(20,21)22/h1,3-4,7-9H,2,5-6,10H2,(H,23,24). The van der Waals surface area contributed by atoms with Crippen LogP contribution < -0.4 is 19.5 Å². The number of nitrogens with one attached hydrogen (secondary N) is 1. The molecule has 1 amide bonds. The molecule has 0 bridgehead atoms. The number of carbonyl (C=O) groups excluding carboxylic acids is 1. The lowest BCUT2D eigenvalue weighted by atomic mass is 10.2. The molecule has 0 saturated carbocycles. The van der Waals surface area contributed by atoms with E-state index < -0.39 is 24.3 Å². The molecule has 0 atom stereocenters. The highest BCUT2D eigenvalue weighted by molar-refractivity contribution is 6.34. The Kier molecular flexibility index (Phi) is 5.65. The van der Waals surface area contributed by atoms with Crippen LogP contribution in [-0.2, 0) is 11.0 Å². The van der Waals surface area contributed by atoms with Crippen molar-refractivity contribution >= 4 is 23.2 Å². The molecule has 0 aromatic heterocycles. The van der Waals surface area contributed by atoms with E-state index in [1.165, 1.54) is 24.3 Å². The van der Waals surface area contributed by atoms with Crippen LogP contribution in [0, 0.1) is 0 Å². The number of carbonyl (C=O) groups is 1. The molecule has 9 heteroatoms. The predicted molar refractivity (Wildman–Crippen MR) is 92.6 cm³/mol. The van der Waals surface area contributed by atoms with Gasteiger partial charge in [0.25, 0.3) is 5.91 Å². The summed E-state index contributed by atoms with van der Waals surface area (Å²) in [6.45, 7) is 0.493. The van der Waals surface area contributed by atoms with Crippen molar-refractivity contribution in [1.29, 1.82) is 0 Å². The molecule has 0 spiro atoms. The van der Waals surface area contributed by atoms with Gasteiger partial charge in [-0.1, -0.05) is 17.7 Å². The quantitative estimate of drug-likeness (QED) is 0.817. The van der Waals surface area contributed by atoms with Crippen molar-refractivity contribution in [3.63, 3.8) is 0 Å². The molecule has 3 rings (SSSR count). The van der Waals surface area contributed by atoms with E-state index in [1.807, 2.05) is 0 Å². The van der Waals surface area contributed by atoms with Crippen LogP contribution in [0.15, 0.2) is 36.4 Å². The number of fused-ring (bicyclic) bond motifs is 1. The van der Waals surface area contributed by atoms with Crippen molar-refractivity contribution < 1.29 is 32.2 Å². The van der Waals surface area contributed by atoms with Crippen molar-refractivity contribution in [3.05, 3.63) is 47.0 Å². The van der Waals surface area contributed by atoms with E-state index in [0.717, 1.165) is 18.6 Å². The first kappa shape index (κ1) is 19.2. The number of halogens is 4. The van der Waals surface area contributed by atoms with Crippen molar-refractivity contribution in [2.45, 2.75) is 12.6 Å². The monoisotopic (exact) mass is 401 g/mol. The smallest absolute Gasteiger partial charge is 0.416 e. The van der Waals surface area contributed by atoms with Gasteiger partial charge in [-0.2, -0.15) is 13.2 Å². The molecular formula is C18H15ClF3NO4. The van der Waals surface area contributed by atoms with Gasteiger partial charge in [-0.3, -0.25) is 4.79 Å². The highest BCUT2D eigenvalue weighted by Crippen LogP contribution is 2.37. The van der Waals surface area contributed by atoms with Gasteiger partial charge in [-0.25, -0.2) is 0 Å². The predicted octanol–water partition coefficient (Wildman–Crippen LogP) is 4.54. The average molecular weight is 402 g/mol. The molecule has 0 aliphatic carbocycles. The van der Waals surface area contributed by atoms with Gasteiger partial charge in [0.15, 0.2) is 18.1 Å². The summed E-state index contributed by atoms with van der Waals surface area (Å²) in [7, 11) is 0. The number of hydrogen-bond acceptors (Lipinski definition) is 4. The third-order valence-corrected chi connectivity index (χ3v) is 3.96.